The van der Waals surface area contributed by atoms with E-state index in [2.05, 4.69) is 59.0 Å². The molecule has 0 N–H and O–H groups in total. The molecule has 19 heavy (non-hydrogen) atoms. The summed E-state index contributed by atoms with van der Waals surface area (Å²) in [6.07, 6.45) is 0. The first-order chi connectivity index (χ1) is 9.16. The zero-order chi connectivity index (χ0) is 13.4. The molecular weight excluding hydrogens is 302 g/mol. The molecular formula is C16H16BrNO. The van der Waals surface area contributed by atoms with Gasteiger partial charge in [-0.15, -0.1) is 0 Å². The summed E-state index contributed by atoms with van der Waals surface area (Å²) in [7, 11) is 0. The first-order valence-electron chi connectivity index (χ1n) is 6.55. The fourth-order valence-electron chi connectivity index (χ4n) is 2.28. The zero-order valence-electron chi connectivity index (χ0n) is 11.1. The molecule has 3 rings (SSSR count). The largest absolute Gasteiger partial charge is 0.475 e. The SMILES string of the molecule is CC(C)C1COC(c2ccc3ccccc3c2Br)=N1. The number of ether oxygens (including phenoxy) is 1. The average Bonchev–Trinajstić information content (AvgIpc) is 2.89. The van der Waals surface area contributed by atoms with Gasteiger partial charge in [0.1, 0.15) is 6.61 Å². The molecule has 0 fully saturated rings. The van der Waals surface area contributed by atoms with Crippen LogP contribution in [-0.2, 0) is 4.74 Å². The normalized spacial score (nSPS) is 18.7. The lowest BCUT2D eigenvalue weighted by Crippen LogP contribution is -2.13. The van der Waals surface area contributed by atoms with Crippen molar-refractivity contribution in [1.29, 1.82) is 0 Å². The van der Waals surface area contributed by atoms with Gasteiger partial charge in [0, 0.05) is 4.47 Å². The van der Waals surface area contributed by atoms with Crippen molar-refractivity contribution in [3.8, 4) is 0 Å². The van der Waals surface area contributed by atoms with Gasteiger partial charge in [0.05, 0.1) is 11.6 Å². The van der Waals surface area contributed by atoms with E-state index in [0.29, 0.717) is 12.5 Å². The Bertz CT molecular complexity index is 648. The number of benzene rings is 2. The van der Waals surface area contributed by atoms with E-state index in [0.717, 1.165) is 15.9 Å². The molecule has 1 atom stereocenters. The lowest BCUT2D eigenvalue weighted by Gasteiger charge is -2.07. The summed E-state index contributed by atoms with van der Waals surface area (Å²) < 4.78 is 6.83. The molecule has 1 heterocycles. The van der Waals surface area contributed by atoms with Crippen molar-refractivity contribution in [2.24, 2.45) is 10.9 Å². The summed E-state index contributed by atoms with van der Waals surface area (Å²) in [4.78, 5) is 4.69. The van der Waals surface area contributed by atoms with Crippen LogP contribution in [0.1, 0.15) is 19.4 Å². The predicted molar refractivity (Wildman–Crippen MR) is 82.8 cm³/mol. The average molecular weight is 318 g/mol. The predicted octanol–water partition coefficient (Wildman–Crippen LogP) is 4.40. The van der Waals surface area contributed by atoms with E-state index >= 15 is 0 Å². The molecule has 1 unspecified atom stereocenters. The Morgan fingerprint density at radius 3 is 2.74 bits per heavy atom. The lowest BCUT2D eigenvalue weighted by atomic mass is 10.1. The number of fused-ring (bicyclic) bond motifs is 1. The van der Waals surface area contributed by atoms with Gasteiger partial charge in [-0.1, -0.05) is 44.2 Å². The first-order valence-corrected chi connectivity index (χ1v) is 7.34. The highest BCUT2D eigenvalue weighted by molar-refractivity contribution is 9.10. The molecule has 1 aliphatic heterocycles. The molecule has 0 saturated carbocycles. The Balaban J connectivity index is 2.07. The van der Waals surface area contributed by atoms with Crippen LogP contribution in [0.15, 0.2) is 45.9 Å². The van der Waals surface area contributed by atoms with Gasteiger partial charge in [-0.25, -0.2) is 4.99 Å². The van der Waals surface area contributed by atoms with Gasteiger partial charge >= 0.3 is 0 Å². The van der Waals surface area contributed by atoms with Crippen molar-refractivity contribution in [3.05, 3.63) is 46.4 Å². The third-order valence-electron chi connectivity index (χ3n) is 3.54. The molecule has 1 aliphatic rings. The summed E-state index contributed by atoms with van der Waals surface area (Å²) in [6, 6.07) is 12.8. The summed E-state index contributed by atoms with van der Waals surface area (Å²) in [5.41, 5.74) is 1.04. The Morgan fingerprint density at radius 2 is 2.00 bits per heavy atom. The third-order valence-corrected chi connectivity index (χ3v) is 4.39. The van der Waals surface area contributed by atoms with Crippen LogP contribution >= 0.6 is 15.9 Å². The Hall–Kier alpha value is -1.35. The summed E-state index contributed by atoms with van der Waals surface area (Å²) in [5.74, 6) is 1.27. The molecule has 2 aromatic rings. The van der Waals surface area contributed by atoms with E-state index in [1.54, 1.807) is 0 Å². The Labute approximate surface area is 121 Å². The van der Waals surface area contributed by atoms with E-state index in [9.17, 15) is 0 Å². The highest BCUT2D eigenvalue weighted by atomic mass is 79.9. The third kappa shape index (κ3) is 2.27. The summed E-state index contributed by atoms with van der Waals surface area (Å²) in [6.45, 7) is 5.04. The van der Waals surface area contributed by atoms with Gasteiger partial charge in [-0.3, -0.25) is 0 Å². The maximum Gasteiger partial charge on any atom is 0.217 e. The van der Waals surface area contributed by atoms with E-state index in [1.165, 1.54) is 10.8 Å². The maximum absolute atomic E-state index is 5.76. The quantitative estimate of drug-likeness (QED) is 0.804. The highest BCUT2D eigenvalue weighted by Gasteiger charge is 2.24. The molecule has 2 aromatic carbocycles. The van der Waals surface area contributed by atoms with Crippen LogP contribution < -0.4 is 0 Å². The van der Waals surface area contributed by atoms with Crippen molar-refractivity contribution >= 4 is 32.6 Å². The summed E-state index contributed by atoms with van der Waals surface area (Å²) in [5, 5.41) is 2.41. The maximum atomic E-state index is 5.76. The topological polar surface area (TPSA) is 21.6 Å². The van der Waals surface area contributed by atoms with Crippen molar-refractivity contribution in [1.82, 2.24) is 0 Å². The van der Waals surface area contributed by atoms with Crippen molar-refractivity contribution < 1.29 is 4.74 Å². The number of halogens is 1. The fourth-order valence-corrected chi connectivity index (χ4v) is 2.94. The molecule has 0 bridgehead atoms. The van der Waals surface area contributed by atoms with E-state index in [4.69, 9.17) is 4.74 Å². The van der Waals surface area contributed by atoms with Crippen LogP contribution in [0.3, 0.4) is 0 Å². The first kappa shape index (κ1) is 12.7. The highest BCUT2D eigenvalue weighted by Crippen LogP contribution is 2.30. The van der Waals surface area contributed by atoms with E-state index in [1.807, 2.05) is 12.1 Å². The minimum absolute atomic E-state index is 0.272. The van der Waals surface area contributed by atoms with Crippen LogP contribution in [-0.4, -0.2) is 18.5 Å². The number of hydrogen-bond donors (Lipinski definition) is 0. The van der Waals surface area contributed by atoms with Crippen molar-refractivity contribution in [3.63, 3.8) is 0 Å². The molecule has 0 aliphatic carbocycles. The number of aliphatic imine (C=N–C) groups is 1. The van der Waals surface area contributed by atoms with Gasteiger partial charge in [0.15, 0.2) is 0 Å². The van der Waals surface area contributed by atoms with Crippen LogP contribution in [0.2, 0.25) is 0 Å². The second kappa shape index (κ2) is 4.97. The van der Waals surface area contributed by atoms with Crippen LogP contribution in [0.4, 0.5) is 0 Å². The monoisotopic (exact) mass is 317 g/mol. The van der Waals surface area contributed by atoms with Gasteiger partial charge < -0.3 is 4.74 Å². The molecule has 0 saturated heterocycles. The fraction of sp³-hybridized carbons (Fsp3) is 0.312. The molecule has 0 radical (unpaired) electrons. The molecule has 3 heteroatoms. The van der Waals surface area contributed by atoms with Gasteiger partial charge in [-0.05, 0) is 38.7 Å². The van der Waals surface area contributed by atoms with Crippen LogP contribution in [0.5, 0.6) is 0 Å². The molecule has 0 aromatic heterocycles. The lowest BCUT2D eigenvalue weighted by molar-refractivity contribution is 0.292. The minimum Gasteiger partial charge on any atom is -0.475 e. The van der Waals surface area contributed by atoms with Gasteiger partial charge in [-0.2, -0.15) is 0 Å². The zero-order valence-corrected chi connectivity index (χ0v) is 12.6. The smallest absolute Gasteiger partial charge is 0.217 e. The van der Waals surface area contributed by atoms with E-state index in [-0.39, 0.29) is 6.04 Å². The van der Waals surface area contributed by atoms with Crippen molar-refractivity contribution in [2.45, 2.75) is 19.9 Å². The molecule has 98 valence electrons. The van der Waals surface area contributed by atoms with Gasteiger partial charge in [0.2, 0.25) is 5.90 Å². The van der Waals surface area contributed by atoms with Gasteiger partial charge in [0.25, 0.3) is 0 Å². The van der Waals surface area contributed by atoms with Crippen LogP contribution in [0, 0.1) is 5.92 Å². The number of hydrogen-bond acceptors (Lipinski definition) is 2. The Kier molecular flexibility index (Phi) is 3.31. The number of rotatable bonds is 2. The van der Waals surface area contributed by atoms with E-state index < -0.39 is 0 Å². The number of nitrogens with zero attached hydrogens (tertiary/aromatic N) is 1. The summed E-state index contributed by atoms with van der Waals surface area (Å²) >= 11 is 3.69. The second-order valence-electron chi connectivity index (χ2n) is 5.20. The molecule has 0 amide bonds. The standard InChI is InChI=1S/C16H16BrNO/c1-10(2)14-9-19-16(18-14)13-8-7-11-5-3-4-6-12(11)15(13)17/h3-8,10,14H,9H2,1-2H3. The Morgan fingerprint density at radius 1 is 1.21 bits per heavy atom. The van der Waals surface area contributed by atoms with Crippen molar-refractivity contribution in [2.75, 3.05) is 6.61 Å². The second-order valence-corrected chi connectivity index (χ2v) is 6.00. The molecule has 2 nitrogen and oxygen atoms in total. The van der Waals surface area contributed by atoms with Crippen LogP contribution in [0.25, 0.3) is 10.8 Å². The molecule has 0 spiro atoms. The minimum atomic E-state index is 0.272.